The molecular weight excluding hydrogens is 262 g/mol. The monoisotopic (exact) mass is 279 g/mol. The summed E-state index contributed by atoms with van der Waals surface area (Å²) >= 11 is 1.60. The van der Waals surface area contributed by atoms with Crippen molar-refractivity contribution in [1.29, 1.82) is 0 Å². The van der Waals surface area contributed by atoms with Gasteiger partial charge in [0.2, 0.25) is 0 Å². The van der Waals surface area contributed by atoms with Gasteiger partial charge in [0.05, 0.1) is 10.9 Å². The Bertz CT molecular complexity index is 516. The molecule has 102 valence electrons. The predicted octanol–water partition coefficient (Wildman–Crippen LogP) is 1.59. The molecule has 6 heteroatoms. The summed E-state index contributed by atoms with van der Waals surface area (Å²) in [6.45, 7) is 0.683. The molecule has 0 saturated carbocycles. The Balaban J connectivity index is 1.82. The summed E-state index contributed by atoms with van der Waals surface area (Å²) < 4.78 is 0. The number of hydrogen-bond acceptors (Lipinski definition) is 4. The van der Waals surface area contributed by atoms with Crippen molar-refractivity contribution >= 4 is 23.1 Å². The fourth-order valence-corrected chi connectivity index (χ4v) is 4.17. The van der Waals surface area contributed by atoms with Gasteiger partial charge in [-0.2, -0.15) is 0 Å². The number of carbonyl (C=O) groups is 1. The molecule has 0 aromatic carbocycles. The summed E-state index contributed by atoms with van der Waals surface area (Å²) in [7, 11) is 0. The van der Waals surface area contributed by atoms with Gasteiger partial charge in [-0.1, -0.05) is 5.16 Å². The van der Waals surface area contributed by atoms with Gasteiger partial charge in [0.15, 0.2) is 5.84 Å². The molecule has 1 aromatic heterocycles. The highest BCUT2D eigenvalue weighted by molar-refractivity contribution is 7.14. The predicted molar refractivity (Wildman–Crippen MR) is 73.8 cm³/mol. The second-order valence-electron chi connectivity index (χ2n) is 5.09. The lowest BCUT2D eigenvalue weighted by molar-refractivity contribution is 0.0772. The van der Waals surface area contributed by atoms with E-state index in [9.17, 15) is 4.79 Å². The van der Waals surface area contributed by atoms with Crippen molar-refractivity contribution in [3.8, 4) is 0 Å². The van der Waals surface area contributed by atoms with E-state index in [0.29, 0.717) is 6.54 Å². The maximum Gasteiger partial charge on any atom is 0.264 e. The lowest BCUT2D eigenvalue weighted by atomic mass is 10.2. The van der Waals surface area contributed by atoms with Gasteiger partial charge in [0.25, 0.3) is 5.91 Å². The maximum atomic E-state index is 12.5. The Morgan fingerprint density at radius 3 is 3.05 bits per heavy atom. The number of likely N-dealkylation sites (tertiary alicyclic amines) is 1. The van der Waals surface area contributed by atoms with Crippen LogP contribution in [0.4, 0.5) is 0 Å². The molecule has 0 radical (unpaired) electrons. The van der Waals surface area contributed by atoms with Crippen LogP contribution in [0, 0.1) is 0 Å². The molecule has 1 unspecified atom stereocenters. The van der Waals surface area contributed by atoms with E-state index >= 15 is 0 Å². The minimum absolute atomic E-state index is 0.0218. The van der Waals surface area contributed by atoms with Crippen LogP contribution in [0.1, 0.15) is 39.4 Å². The molecule has 3 rings (SSSR count). The molecule has 3 N–H and O–H groups in total. The lowest BCUT2D eigenvalue weighted by Crippen LogP contribution is -2.43. The summed E-state index contributed by atoms with van der Waals surface area (Å²) in [5.41, 5.74) is 6.99. The van der Waals surface area contributed by atoms with Crippen molar-refractivity contribution in [3.63, 3.8) is 0 Å². The minimum atomic E-state index is -0.255. The first kappa shape index (κ1) is 12.5. The van der Waals surface area contributed by atoms with Crippen molar-refractivity contribution in [1.82, 2.24) is 4.90 Å². The molecule has 1 aliphatic heterocycles. The van der Waals surface area contributed by atoms with Gasteiger partial charge in [0.1, 0.15) is 0 Å². The summed E-state index contributed by atoms with van der Waals surface area (Å²) in [4.78, 5) is 16.4. The normalized spacial score (nSPS) is 22.8. The van der Waals surface area contributed by atoms with Crippen LogP contribution in [0.5, 0.6) is 0 Å². The van der Waals surface area contributed by atoms with Crippen LogP contribution in [-0.4, -0.2) is 34.4 Å². The zero-order valence-electron chi connectivity index (χ0n) is 10.6. The number of nitrogens with zero attached hydrogens (tertiary/aromatic N) is 2. The van der Waals surface area contributed by atoms with Crippen LogP contribution in [0.25, 0.3) is 0 Å². The van der Waals surface area contributed by atoms with Crippen molar-refractivity contribution in [2.24, 2.45) is 10.9 Å². The Kier molecular flexibility index (Phi) is 3.18. The van der Waals surface area contributed by atoms with E-state index in [2.05, 4.69) is 5.16 Å². The van der Waals surface area contributed by atoms with Crippen molar-refractivity contribution in [2.45, 2.75) is 38.1 Å². The molecule has 5 nitrogen and oxygen atoms in total. The second-order valence-corrected chi connectivity index (χ2v) is 6.23. The molecule has 1 aromatic rings. The number of amides is 1. The maximum absolute atomic E-state index is 12.5. The highest BCUT2D eigenvalue weighted by Gasteiger charge is 2.33. The van der Waals surface area contributed by atoms with Gasteiger partial charge in [-0.15, -0.1) is 11.3 Å². The highest BCUT2D eigenvalue weighted by Crippen LogP contribution is 2.32. The molecule has 19 heavy (non-hydrogen) atoms. The Hall–Kier alpha value is -1.56. The lowest BCUT2D eigenvalue weighted by Gasteiger charge is -2.22. The number of nitrogens with two attached hydrogens (primary N) is 1. The van der Waals surface area contributed by atoms with Crippen LogP contribution in [0.3, 0.4) is 0 Å². The van der Waals surface area contributed by atoms with Gasteiger partial charge in [-0.25, -0.2) is 0 Å². The van der Waals surface area contributed by atoms with Crippen LogP contribution in [0.2, 0.25) is 0 Å². The highest BCUT2D eigenvalue weighted by atomic mass is 32.1. The third-order valence-electron chi connectivity index (χ3n) is 3.93. The smallest absolute Gasteiger partial charge is 0.264 e. The number of hydrogen-bond donors (Lipinski definition) is 2. The van der Waals surface area contributed by atoms with Crippen LogP contribution >= 0.6 is 11.3 Å². The fourth-order valence-electron chi connectivity index (χ4n) is 2.96. The van der Waals surface area contributed by atoms with E-state index in [4.69, 9.17) is 10.9 Å². The molecule has 1 fully saturated rings. The number of fused-ring (bicyclic) bond motifs is 1. The molecular formula is C13H17N3O2S. The van der Waals surface area contributed by atoms with Crippen LogP contribution < -0.4 is 5.73 Å². The van der Waals surface area contributed by atoms with Gasteiger partial charge in [-0.05, 0) is 43.7 Å². The van der Waals surface area contributed by atoms with Crippen LogP contribution in [0.15, 0.2) is 11.2 Å². The standard InChI is InChI=1S/C13H17N3O2S/c14-12(15-18)9-4-2-6-16(9)13(17)11-7-8-3-1-5-10(8)19-11/h7,9,18H,1-6H2,(H2,14,15). The summed E-state index contributed by atoms with van der Waals surface area (Å²) in [5.74, 6) is 0.156. The number of amidine groups is 1. The zero-order valence-corrected chi connectivity index (χ0v) is 11.4. The number of oxime groups is 1. The summed E-state index contributed by atoms with van der Waals surface area (Å²) in [5, 5.41) is 11.8. The first-order valence-corrected chi connectivity index (χ1v) is 7.42. The average molecular weight is 279 g/mol. The van der Waals surface area contributed by atoms with Gasteiger partial charge >= 0.3 is 0 Å². The average Bonchev–Trinajstić information content (AvgIpc) is 3.10. The van der Waals surface area contributed by atoms with E-state index in [0.717, 1.165) is 30.6 Å². The topological polar surface area (TPSA) is 78.9 Å². The quantitative estimate of drug-likeness (QED) is 0.373. The summed E-state index contributed by atoms with van der Waals surface area (Å²) in [6.07, 6.45) is 5.05. The van der Waals surface area contributed by atoms with Crippen molar-refractivity contribution < 1.29 is 10.0 Å². The Morgan fingerprint density at radius 2 is 2.32 bits per heavy atom. The Labute approximate surface area is 115 Å². The third kappa shape index (κ3) is 2.10. The van der Waals surface area contributed by atoms with E-state index in [1.165, 1.54) is 16.9 Å². The molecule has 0 bridgehead atoms. The molecule has 1 saturated heterocycles. The molecule has 1 aliphatic carbocycles. The molecule has 1 amide bonds. The van der Waals surface area contributed by atoms with Crippen molar-refractivity contribution in [2.75, 3.05) is 6.54 Å². The zero-order chi connectivity index (χ0) is 13.4. The summed E-state index contributed by atoms with van der Waals surface area (Å²) in [6, 6.07) is 1.77. The first-order chi connectivity index (χ1) is 9.20. The number of aryl methyl sites for hydroxylation is 2. The van der Waals surface area contributed by atoms with Crippen molar-refractivity contribution in [3.05, 3.63) is 21.4 Å². The van der Waals surface area contributed by atoms with E-state index in [1.807, 2.05) is 6.07 Å². The fraction of sp³-hybridized carbons (Fsp3) is 0.538. The SMILES string of the molecule is NC(=NO)C1CCCN1C(=O)c1cc2c(s1)CCC2. The third-order valence-corrected chi connectivity index (χ3v) is 5.15. The van der Waals surface area contributed by atoms with E-state index in [1.54, 1.807) is 16.2 Å². The molecule has 2 aliphatic rings. The van der Waals surface area contributed by atoms with Gasteiger partial charge in [0, 0.05) is 11.4 Å². The second kappa shape index (κ2) is 4.85. The van der Waals surface area contributed by atoms with Gasteiger partial charge < -0.3 is 15.8 Å². The number of thiophene rings is 1. The van der Waals surface area contributed by atoms with Gasteiger partial charge in [-0.3, -0.25) is 4.79 Å². The largest absolute Gasteiger partial charge is 0.409 e. The molecule has 2 heterocycles. The molecule has 1 atom stereocenters. The number of carbonyl (C=O) groups excluding carboxylic acids is 1. The molecule has 0 spiro atoms. The minimum Gasteiger partial charge on any atom is -0.409 e. The first-order valence-electron chi connectivity index (χ1n) is 6.60. The number of rotatable bonds is 2. The van der Waals surface area contributed by atoms with E-state index in [-0.39, 0.29) is 17.8 Å². The Morgan fingerprint density at radius 1 is 1.47 bits per heavy atom. The van der Waals surface area contributed by atoms with E-state index < -0.39 is 0 Å². The van der Waals surface area contributed by atoms with Crippen LogP contribution in [-0.2, 0) is 12.8 Å².